The molecule has 0 N–H and O–H groups in total. The number of carbonyl (C=O) groups is 1. The van der Waals surface area contributed by atoms with Gasteiger partial charge in [0.25, 0.3) is 0 Å². The summed E-state index contributed by atoms with van der Waals surface area (Å²) in [5.74, 6) is 1.11. The van der Waals surface area contributed by atoms with E-state index in [-0.39, 0.29) is 5.92 Å². The molecule has 1 heterocycles. The summed E-state index contributed by atoms with van der Waals surface area (Å²) >= 11 is 0. The molecule has 1 aromatic carbocycles. The molecule has 1 aromatic rings. The van der Waals surface area contributed by atoms with Crippen molar-refractivity contribution in [2.45, 2.75) is 39.0 Å². The van der Waals surface area contributed by atoms with Gasteiger partial charge in [0.2, 0.25) is 5.91 Å². The minimum Gasteiger partial charge on any atom is -0.342 e. The summed E-state index contributed by atoms with van der Waals surface area (Å²) in [7, 11) is 0. The third-order valence-corrected chi connectivity index (χ3v) is 4.11. The van der Waals surface area contributed by atoms with Crippen LogP contribution in [0.3, 0.4) is 0 Å². The fourth-order valence-electron chi connectivity index (χ4n) is 2.85. The smallest absolute Gasteiger partial charge is 0.225 e. The van der Waals surface area contributed by atoms with E-state index >= 15 is 0 Å². The van der Waals surface area contributed by atoms with Gasteiger partial charge in [-0.05, 0) is 24.8 Å². The lowest BCUT2D eigenvalue weighted by Crippen LogP contribution is -2.33. The summed E-state index contributed by atoms with van der Waals surface area (Å²) in [6.45, 7) is 6.04. The molecule has 1 fully saturated rings. The van der Waals surface area contributed by atoms with E-state index in [4.69, 9.17) is 0 Å². The molecular formula is C16H23NO. The Labute approximate surface area is 110 Å². The predicted molar refractivity (Wildman–Crippen MR) is 74.5 cm³/mol. The maximum atomic E-state index is 12.3. The second-order valence-electron chi connectivity index (χ2n) is 5.19. The van der Waals surface area contributed by atoms with E-state index < -0.39 is 0 Å². The fraction of sp³-hybridized carbons (Fsp3) is 0.562. The normalized spacial score (nSPS) is 19.5. The molecular weight excluding hydrogens is 222 g/mol. The van der Waals surface area contributed by atoms with Crippen molar-refractivity contribution < 1.29 is 4.79 Å². The molecule has 0 aromatic heterocycles. The van der Waals surface area contributed by atoms with Crippen molar-refractivity contribution in [3.05, 3.63) is 35.9 Å². The molecule has 0 spiro atoms. The first-order valence-electron chi connectivity index (χ1n) is 7.10. The van der Waals surface area contributed by atoms with Gasteiger partial charge in [0, 0.05) is 24.9 Å². The van der Waals surface area contributed by atoms with Crippen molar-refractivity contribution in [2.75, 3.05) is 13.1 Å². The maximum Gasteiger partial charge on any atom is 0.225 e. The highest BCUT2D eigenvalue weighted by atomic mass is 16.2. The van der Waals surface area contributed by atoms with Gasteiger partial charge in [-0.3, -0.25) is 4.79 Å². The van der Waals surface area contributed by atoms with Crippen LogP contribution >= 0.6 is 0 Å². The molecule has 0 radical (unpaired) electrons. The molecule has 1 saturated heterocycles. The number of hydrogen-bond acceptors (Lipinski definition) is 1. The highest BCUT2D eigenvalue weighted by Gasteiger charge is 2.29. The van der Waals surface area contributed by atoms with Crippen molar-refractivity contribution in [2.24, 2.45) is 5.92 Å². The molecule has 1 amide bonds. The summed E-state index contributed by atoms with van der Waals surface area (Å²) in [5.41, 5.74) is 1.37. The zero-order chi connectivity index (χ0) is 13.0. The molecule has 2 rings (SSSR count). The van der Waals surface area contributed by atoms with Gasteiger partial charge in [0.05, 0.1) is 0 Å². The Hall–Kier alpha value is -1.31. The van der Waals surface area contributed by atoms with Gasteiger partial charge in [0.1, 0.15) is 0 Å². The molecule has 18 heavy (non-hydrogen) atoms. The zero-order valence-electron chi connectivity index (χ0n) is 11.4. The first-order chi connectivity index (χ1) is 8.76. The number of rotatable bonds is 4. The Morgan fingerprint density at radius 2 is 1.94 bits per heavy atom. The average Bonchev–Trinajstić information content (AvgIpc) is 2.90. The second kappa shape index (κ2) is 6.03. The van der Waals surface area contributed by atoms with Crippen molar-refractivity contribution in [3.8, 4) is 0 Å². The Balaban J connectivity index is 1.98. The Bertz CT molecular complexity index is 383. The van der Waals surface area contributed by atoms with E-state index in [0.29, 0.717) is 11.8 Å². The lowest BCUT2D eigenvalue weighted by atomic mass is 9.98. The lowest BCUT2D eigenvalue weighted by Gasteiger charge is -2.22. The quantitative estimate of drug-likeness (QED) is 0.795. The zero-order valence-corrected chi connectivity index (χ0v) is 11.4. The van der Waals surface area contributed by atoms with Gasteiger partial charge in [-0.25, -0.2) is 0 Å². The highest BCUT2D eigenvalue weighted by molar-refractivity contribution is 5.79. The van der Waals surface area contributed by atoms with Crippen LogP contribution in [0.4, 0.5) is 0 Å². The van der Waals surface area contributed by atoms with E-state index in [1.54, 1.807) is 0 Å². The largest absolute Gasteiger partial charge is 0.342 e. The number of likely N-dealkylation sites (tertiary alicyclic amines) is 1. The summed E-state index contributed by atoms with van der Waals surface area (Å²) in [6, 6.07) is 10.6. The molecule has 1 unspecified atom stereocenters. The predicted octanol–water partition coefficient (Wildman–Crippen LogP) is 3.44. The minimum atomic E-state index is 0.222. The second-order valence-corrected chi connectivity index (χ2v) is 5.19. The number of amides is 1. The fourth-order valence-corrected chi connectivity index (χ4v) is 2.85. The van der Waals surface area contributed by atoms with Crippen molar-refractivity contribution in [1.82, 2.24) is 4.90 Å². The third kappa shape index (κ3) is 2.74. The van der Waals surface area contributed by atoms with Gasteiger partial charge in [0.15, 0.2) is 0 Å². The molecule has 0 saturated carbocycles. The van der Waals surface area contributed by atoms with Gasteiger partial charge >= 0.3 is 0 Å². The summed E-state index contributed by atoms with van der Waals surface area (Å²) in [5, 5.41) is 0. The summed E-state index contributed by atoms with van der Waals surface area (Å²) in [6.07, 6.45) is 3.03. The summed E-state index contributed by atoms with van der Waals surface area (Å²) < 4.78 is 0. The van der Waals surface area contributed by atoms with E-state index in [0.717, 1.165) is 32.4 Å². The van der Waals surface area contributed by atoms with Crippen LogP contribution < -0.4 is 0 Å². The first kappa shape index (κ1) is 13.1. The molecule has 2 heteroatoms. The highest BCUT2D eigenvalue weighted by Crippen LogP contribution is 2.28. The molecule has 1 aliphatic rings. The van der Waals surface area contributed by atoms with Crippen LogP contribution in [0.25, 0.3) is 0 Å². The van der Waals surface area contributed by atoms with Crippen LogP contribution in [-0.4, -0.2) is 23.9 Å². The summed E-state index contributed by atoms with van der Waals surface area (Å²) in [4.78, 5) is 14.4. The van der Waals surface area contributed by atoms with Gasteiger partial charge < -0.3 is 4.90 Å². The van der Waals surface area contributed by atoms with Crippen LogP contribution in [-0.2, 0) is 4.79 Å². The van der Waals surface area contributed by atoms with Gasteiger partial charge in [-0.15, -0.1) is 0 Å². The molecule has 0 aliphatic carbocycles. The minimum absolute atomic E-state index is 0.222. The third-order valence-electron chi connectivity index (χ3n) is 4.11. The first-order valence-corrected chi connectivity index (χ1v) is 7.10. The lowest BCUT2D eigenvalue weighted by molar-refractivity contribution is -0.134. The van der Waals surface area contributed by atoms with E-state index in [1.807, 2.05) is 6.07 Å². The van der Waals surface area contributed by atoms with E-state index in [9.17, 15) is 4.79 Å². The standard InChI is InChI=1S/C16H23NO/c1-3-13(4-2)16(18)17-11-10-15(12-17)14-8-6-5-7-9-14/h5-9,13,15H,3-4,10-12H2,1-2H3. The number of carbonyl (C=O) groups excluding carboxylic acids is 1. The molecule has 1 aliphatic heterocycles. The van der Waals surface area contributed by atoms with Crippen molar-refractivity contribution >= 4 is 5.91 Å². The molecule has 1 atom stereocenters. The van der Waals surface area contributed by atoms with E-state index in [2.05, 4.69) is 43.0 Å². The van der Waals surface area contributed by atoms with Gasteiger partial charge in [-0.2, -0.15) is 0 Å². The topological polar surface area (TPSA) is 20.3 Å². The molecule has 2 nitrogen and oxygen atoms in total. The van der Waals surface area contributed by atoms with Crippen LogP contribution in [0.15, 0.2) is 30.3 Å². The molecule has 0 bridgehead atoms. The number of hydrogen-bond donors (Lipinski definition) is 0. The monoisotopic (exact) mass is 245 g/mol. The van der Waals surface area contributed by atoms with Crippen molar-refractivity contribution in [1.29, 1.82) is 0 Å². The SMILES string of the molecule is CCC(CC)C(=O)N1CCC(c2ccccc2)C1. The Kier molecular flexibility index (Phi) is 4.40. The van der Waals surface area contributed by atoms with Crippen LogP contribution in [0.2, 0.25) is 0 Å². The number of benzene rings is 1. The maximum absolute atomic E-state index is 12.3. The van der Waals surface area contributed by atoms with Crippen molar-refractivity contribution in [3.63, 3.8) is 0 Å². The van der Waals surface area contributed by atoms with Crippen LogP contribution in [0.1, 0.15) is 44.6 Å². The Morgan fingerprint density at radius 1 is 1.28 bits per heavy atom. The van der Waals surface area contributed by atoms with Crippen LogP contribution in [0.5, 0.6) is 0 Å². The average molecular weight is 245 g/mol. The number of nitrogens with zero attached hydrogens (tertiary/aromatic N) is 1. The molecule has 98 valence electrons. The van der Waals surface area contributed by atoms with E-state index in [1.165, 1.54) is 5.56 Å². The van der Waals surface area contributed by atoms with Gasteiger partial charge in [-0.1, -0.05) is 44.2 Å². The Morgan fingerprint density at radius 3 is 2.56 bits per heavy atom. The van der Waals surface area contributed by atoms with Crippen LogP contribution in [0, 0.1) is 5.92 Å².